The smallest absolute Gasteiger partial charge is 0.264 e. The molecule has 1 fully saturated rings. The van der Waals surface area contributed by atoms with Gasteiger partial charge in [0.1, 0.15) is 12.6 Å². The van der Waals surface area contributed by atoms with Gasteiger partial charge < -0.3 is 19.7 Å². The first kappa shape index (κ1) is 31.4. The third-order valence-corrected chi connectivity index (χ3v) is 9.64. The van der Waals surface area contributed by atoms with Gasteiger partial charge in [0.15, 0.2) is 11.5 Å². The molecule has 11 heteroatoms. The molecule has 1 N–H and O–H groups in total. The van der Waals surface area contributed by atoms with Gasteiger partial charge in [0, 0.05) is 23.1 Å². The number of para-hydroxylation sites is 1. The summed E-state index contributed by atoms with van der Waals surface area (Å²) in [5.74, 6) is -0.163. The van der Waals surface area contributed by atoms with E-state index in [4.69, 9.17) is 9.47 Å². The normalized spacial score (nSPS) is 14.2. The number of carbonyl (C=O) groups excluding carboxylic acids is 2. The molecule has 1 atom stereocenters. The molecular weight excluding hydrogens is 622 g/mol. The number of halogens is 1. The summed E-state index contributed by atoms with van der Waals surface area (Å²) in [5.41, 5.74) is 1.11. The molecule has 0 aliphatic heterocycles. The van der Waals surface area contributed by atoms with Crippen LogP contribution in [0.3, 0.4) is 0 Å². The summed E-state index contributed by atoms with van der Waals surface area (Å²) in [4.78, 5) is 28.8. The number of benzene rings is 3. The van der Waals surface area contributed by atoms with Crippen LogP contribution in [0.5, 0.6) is 11.5 Å². The van der Waals surface area contributed by atoms with Gasteiger partial charge in [0.05, 0.1) is 24.8 Å². The average molecular weight is 659 g/mol. The van der Waals surface area contributed by atoms with Crippen molar-refractivity contribution < 1.29 is 27.5 Å². The quantitative estimate of drug-likeness (QED) is 0.289. The lowest BCUT2D eigenvalue weighted by atomic mass is 10.1. The molecule has 1 aliphatic rings. The fraction of sp³-hybridized carbons (Fsp3) is 0.355. The average Bonchev–Trinajstić information content (AvgIpc) is 3.51. The summed E-state index contributed by atoms with van der Waals surface area (Å²) in [6.45, 7) is 1.28. The molecule has 0 heterocycles. The van der Waals surface area contributed by atoms with Crippen LogP contribution in [0.25, 0.3) is 0 Å². The maximum absolute atomic E-state index is 14.1. The number of nitrogens with zero attached hydrogens (tertiary/aromatic N) is 2. The topological polar surface area (TPSA) is 105 Å². The highest BCUT2D eigenvalue weighted by atomic mass is 79.9. The fourth-order valence-electron chi connectivity index (χ4n) is 5.03. The number of sulfonamides is 1. The van der Waals surface area contributed by atoms with Crippen molar-refractivity contribution in [2.45, 2.75) is 56.1 Å². The number of nitrogens with one attached hydrogen (secondary N) is 1. The fourth-order valence-corrected chi connectivity index (χ4v) is 6.91. The summed E-state index contributed by atoms with van der Waals surface area (Å²) >= 11 is 3.47. The van der Waals surface area contributed by atoms with Gasteiger partial charge in [-0.1, -0.05) is 59.1 Å². The first-order chi connectivity index (χ1) is 20.1. The summed E-state index contributed by atoms with van der Waals surface area (Å²) in [5, 5.41) is 3.08. The Labute approximate surface area is 256 Å². The van der Waals surface area contributed by atoms with Gasteiger partial charge in [-0.05, 0) is 61.7 Å². The Morgan fingerprint density at radius 2 is 1.64 bits per heavy atom. The van der Waals surface area contributed by atoms with Crippen molar-refractivity contribution in [3.8, 4) is 11.5 Å². The summed E-state index contributed by atoms with van der Waals surface area (Å²) < 4.78 is 40.6. The number of carbonyl (C=O) groups is 2. The molecule has 0 spiro atoms. The highest BCUT2D eigenvalue weighted by Crippen LogP contribution is 2.32. The molecule has 224 valence electrons. The molecule has 0 saturated heterocycles. The molecular formula is C31H36BrN3O6S. The largest absolute Gasteiger partial charge is 0.493 e. The van der Waals surface area contributed by atoms with Crippen LogP contribution in [-0.2, 0) is 26.2 Å². The highest BCUT2D eigenvalue weighted by molar-refractivity contribution is 9.10. The van der Waals surface area contributed by atoms with E-state index in [-0.39, 0.29) is 29.1 Å². The second-order valence-corrected chi connectivity index (χ2v) is 13.0. The van der Waals surface area contributed by atoms with Crippen molar-refractivity contribution >= 4 is 43.5 Å². The van der Waals surface area contributed by atoms with Crippen molar-refractivity contribution in [2.75, 3.05) is 25.1 Å². The van der Waals surface area contributed by atoms with Crippen molar-refractivity contribution in [3.63, 3.8) is 0 Å². The zero-order valence-electron chi connectivity index (χ0n) is 24.0. The number of hydrogen-bond donors (Lipinski definition) is 1. The third kappa shape index (κ3) is 7.43. The molecule has 3 aromatic rings. The number of ether oxygens (including phenoxy) is 2. The van der Waals surface area contributed by atoms with Gasteiger partial charge in [-0.15, -0.1) is 0 Å². The van der Waals surface area contributed by atoms with E-state index in [1.807, 2.05) is 24.3 Å². The first-order valence-corrected chi connectivity index (χ1v) is 16.0. The Kier molecular flexibility index (Phi) is 10.5. The van der Waals surface area contributed by atoms with E-state index in [1.165, 1.54) is 37.3 Å². The number of anilines is 1. The lowest BCUT2D eigenvalue weighted by molar-refractivity contribution is -0.139. The summed E-state index contributed by atoms with van der Waals surface area (Å²) in [6.07, 6.45) is 3.92. The van der Waals surface area contributed by atoms with E-state index in [1.54, 1.807) is 37.3 Å². The minimum absolute atomic E-state index is 0.0673. The SMILES string of the molecule is COc1ccc(S(=O)(=O)N(CC(=O)N(Cc2cccc(Br)c2)[C@H](C)C(=O)NC2CCCC2)c2ccccc2)cc1OC. The highest BCUT2D eigenvalue weighted by Gasteiger charge is 2.33. The minimum Gasteiger partial charge on any atom is -0.493 e. The van der Waals surface area contributed by atoms with E-state index < -0.39 is 28.5 Å². The molecule has 3 aromatic carbocycles. The van der Waals surface area contributed by atoms with Crippen LogP contribution in [0, 0.1) is 0 Å². The van der Waals surface area contributed by atoms with Crippen LogP contribution in [0.4, 0.5) is 5.69 Å². The van der Waals surface area contributed by atoms with Crippen LogP contribution >= 0.6 is 15.9 Å². The van der Waals surface area contributed by atoms with E-state index in [9.17, 15) is 18.0 Å². The summed E-state index contributed by atoms with van der Waals surface area (Å²) in [6, 6.07) is 19.4. The number of hydrogen-bond acceptors (Lipinski definition) is 6. The maximum atomic E-state index is 14.1. The molecule has 0 radical (unpaired) electrons. The van der Waals surface area contributed by atoms with Crippen molar-refractivity contribution in [1.82, 2.24) is 10.2 Å². The van der Waals surface area contributed by atoms with Crippen LogP contribution in [-0.4, -0.2) is 58.0 Å². The van der Waals surface area contributed by atoms with E-state index >= 15 is 0 Å². The molecule has 4 rings (SSSR count). The van der Waals surface area contributed by atoms with Crippen LogP contribution < -0.4 is 19.1 Å². The Balaban J connectivity index is 1.69. The van der Waals surface area contributed by atoms with Crippen LogP contribution in [0.15, 0.2) is 82.2 Å². The number of methoxy groups -OCH3 is 2. The second-order valence-electron chi connectivity index (χ2n) is 10.2. The molecule has 2 amide bonds. The van der Waals surface area contributed by atoms with E-state index in [0.29, 0.717) is 11.4 Å². The monoisotopic (exact) mass is 657 g/mol. The molecule has 0 aromatic heterocycles. The zero-order chi connectivity index (χ0) is 30.3. The molecule has 42 heavy (non-hydrogen) atoms. The maximum Gasteiger partial charge on any atom is 0.264 e. The van der Waals surface area contributed by atoms with Crippen molar-refractivity contribution in [1.29, 1.82) is 0 Å². The van der Waals surface area contributed by atoms with Crippen LogP contribution in [0.2, 0.25) is 0 Å². The van der Waals surface area contributed by atoms with Gasteiger partial charge in [-0.3, -0.25) is 13.9 Å². The van der Waals surface area contributed by atoms with Gasteiger partial charge >= 0.3 is 0 Å². The Bertz CT molecular complexity index is 1500. The van der Waals surface area contributed by atoms with Gasteiger partial charge in [-0.2, -0.15) is 0 Å². The minimum atomic E-state index is -4.24. The second kappa shape index (κ2) is 14.1. The predicted molar refractivity (Wildman–Crippen MR) is 165 cm³/mol. The molecule has 9 nitrogen and oxygen atoms in total. The molecule has 1 saturated carbocycles. The molecule has 0 unspecified atom stereocenters. The third-order valence-electron chi connectivity index (χ3n) is 7.38. The lowest BCUT2D eigenvalue weighted by Crippen LogP contribution is -2.52. The van der Waals surface area contributed by atoms with Crippen molar-refractivity contribution in [3.05, 3.63) is 82.8 Å². The predicted octanol–water partition coefficient (Wildman–Crippen LogP) is 5.14. The lowest BCUT2D eigenvalue weighted by Gasteiger charge is -2.32. The molecule has 0 bridgehead atoms. The standard InChI is InChI=1S/C31H36BrN3O6S/c1-22(31(37)33-25-12-7-8-13-25)34(20-23-10-9-11-24(32)18-23)30(36)21-35(26-14-5-4-6-15-26)42(38,39)27-16-17-28(40-2)29(19-27)41-3/h4-6,9-11,14-19,22,25H,7-8,12-13,20-21H2,1-3H3,(H,33,37)/t22-/m1/s1. The van der Waals surface area contributed by atoms with Crippen LogP contribution in [0.1, 0.15) is 38.2 Å². The Morgan fingerprint density at radius 3 is 2.29 bits per heavy atom. The van der Waals surface area contributed by atoms with E-state index in [2.05, 4.69) is 21.2 Å². The zero-order valence-corrected chi connectivity index (χ0v) is 26.4. The number of amides is 2. The molecule has 1 aliphatic carbocycles. The van der Waals surface area contributed by atoms with E-state index in [0.717, 1.165) is 40.0 Å². The number of rotatable bonds is 12. The van der Waals surface area contributed by atoms with Gasteiger partial charge in [0.25, 0.3) is 10.0 Å². The van der Waals surface area contributed by atoms with Crippen molar-refractivity contribution in [2.24, 2.45) is 0 Å². The Hall–Kier alpha value is -3.57. The van der Waals surface area contributed by atoms with Gasteiger partial charge in [0.2, 0.25) is 11.8 Å². The summed E-state index contributed by atoms with van der Waals surface area (Å²) in [7, 11) is -1.36. The Morgan fingerprint density at radius 1 is 0.952 bits per heavy atom. The van der Waals surface area contributed by atoms with Gasteiger partial charge in [-0.25, -0.2) is 8.42 Å². The first-order valence-electron chi connectivity index (χ1n) is 13.8.